The summed E-state index contributed by atoms with van der Waals surface area (Å²) < 4.78 is 19.2. The quantitative estimate of drug-likeness (QED) is 0.886. The van der Waals surface area contributed by atoms with Crippen LogP contribution in [0.2, 0.25) is 0 Å². The number of carboxylic acid groups (broad SMARTS) is 1. The van der Waals surface area contributed by atoms with E-state index in [4.69, 9.17) is 9.84 Å². The number of carboxylic acids is 1. The number of hydrogen-bond donors (Lipinski definition) is 2. The Balaban J connectivity index is 2.12. The Bertz CT molecular complexity index is 628. The molecular formula is C17H23FN2O4. The Hall–Kier alpha value is -2.31. The summed E-state index contributed by atoms with van der Waals surface area (Å²) in [6.45, 7) is 6.13. The van der Waals surface area contributed by atoms with Gasteiger partial charge < -0.3 is 20.1 Å². The zero-order chi connectivity index (χ0) is 17.9. The summed E-state index contributed by atoms with van der Waals surface area (Å²) in [6, 6.07) is 3.48. The summed E-state index contributed by atoms with van der Waals surface area (Å²) in [5.41, 5.74) is -0.193. The molecule has 0 saturated carbocycles. The van der Waals surface area contributed by atoms with Gasteiger partial charge in [-0.05, 0) is 45.7 Å². The number of halogens is 1. The van der Waals surface area contributed by atoms with E-state index in [-0.39, 0.29) is 12.3 Å². The summed E-state index contributed by atoms with van der Waals surface area (Å²) >= 11 is 0. The topological polar surface area (TPSA) is 78.9 Å². The van der Waals surface area contributed by atoms with Gasteiger partial charge in [0.15, 0.2) is 0 Å². The highest BCUT2D eigenvalue weighted by Crippen LogP contribution is 2.29. The number of likely N-dealkylation sites (tertiary alicyclic amines) is 1. The van der Waals surface area contributed by atoms with Crippen molar-refractivity contribution < 1.29 is 23.8 Å². The van der Waals surface area contributed by atoms with Crippen LogP contribution in [-0.2, 0) is 4.79 Å². The van der Waals surface area contributed by atoms with Gasteiger partial charge in [-0.2, -0.15) is 0 Å². The van der Waals surface area contributed by atoms with Crippen LogP contribution < -0.4 is 10.1 Å². The number of carbonyl (C=O) groups is 2. The van der Waals surface area contributed by atoms with Crippen molar-refractivity contribution in [1.29, 1.82) is 0 Å². The van der Waals surface area contributed by atoms with Crippen LogP contribution in [0, 0.1) is 11.7 Å². The number of ether oxygens (including phenoxy) is 1. The molecule has 24 heavy (non-hydrogen) atoms. The van der Waals surface area contributed by atoms with Gasteiger partial charge in [0.05, 0.1) is 11.6 Å². The van der Waals surface area contributed by atoms with Gasteiger partial charge in [0.1, 0.15) is 17.2 Å². The van der Waals surface area contributed by atoms with Gasteiger partial charge in [-0.3, -0.25) is 4.79 Å². The Morgan fingerprint density at radius 1 is 1.38 bits per heavy atom. The molecule has 1 aliphatic heterocycles. The van der Waals surface area contributed by atoms with Crippen molar-refractivity contribution in [3.8, 4) is 5.75 Å². The molecule has 1 atom stereocenters. The molecule has 1 aromatic rings. The first-order valence-electron chi connectivity index (χ1n) is 7.93. The third-order valence-corrected chi connectivity index (χ3v) is 3.66. The average molecular weight is 338 g/mol. The minimum Gasteiger partial charge on any atom is -0.486 e. The lowest BCUT2D eigenvalue weighted by atomic mass is 9.99. The molecule has 6 nitrogen and oxygen atoms in total. The molecule has 1 aliphatic rings. The molecule has 2 rings (SSSR count). The molecule has 0 aromatic heterocycles. The molecule has 1 saturated heterocycles. The number of urea groups is 1. The number of amides is 2. The van der Waals surface area contributed by atoms with E-state index in [2.05, 4.69) is 5.32 Å². The maximum atomic E-state index is 13.5. The van der Waals surface area contributed by atoms with Gasteiger partial charge in [0, 0.05) is 19.2 Å². The Morgan fingerprint density at radius 2 is 2.08 bits per heavy atom. The van der Waals surface area contributed by atoms with Crippen molar-refractivity contribution in [1.82, 2.24) is 4.90 Å². The molecule has 2 amide bonds. The Morgan fingerprint density at radius 3 is 2.71 bits per heavy atom. The zero-order valence-electron chi connectivity index (χ0n) is 14.1. The van der Waals surface area contributed by atoms with Crippen LogP contribution in [-0.4, -0.2) is 40.7 Å². The van der Waals surface area contributed by atoms with Crippen LogP contribution in [0.4, 0.5) is 14.9 Å². The lowest BCUT2D eigenvalue weighted by molar-refractivity contribution is -0.143. The number of carbonyl (C=O) groups excluding carboxylic acids is 1. The van der Waals surface area contributed by atoms with Crippen LogP contribution in [0.1, 0.15) is 33.6 Å². The number of aliphatic carboxylic acids is 1. The fraction of sp³-hybridized carbons (Fsp3) is 0.529. The fourth-order valence-electron chi connectivity index (χ4n) is 2.57. The summed E-state index contributed by atoms with van der Waals surface area (Å²) in [4.78, 5) is 25.0. The van der Waals surface area contributed by atoms with Crippen molar-refractivity contribution in [2.24, 2.45) is 5.92 Å². The third-order valence-electron chi connectivity index (χ3n) is 3.66. The number of nitrogens with one attached hydrogen (secondary N) is 1. The number of rotatable bonds is 3. The van der Waals surface area contributed by atoms with Gasteiger partial charge in [-0.1, -0.05) is 0 Å². The van der Waals surface area contributed by atoms with E-state index in [1.165, 1.54) is 23.1 Å². The number of anilines is 1. The molecule has 0 spiro atoms. The molecule has 1 fully saturated rings. The molecule has 2 N–H and O–H groups in total. The SMILES string of the molecule is CC(C)(C)Oc1cc(F)ccc1NC(=O)N1CCCC(C(=O)O)C1. The second-order valence-corrected chi connectivity index (χ2v) is 6.91. The maximum Gasteiger partial charge on any atom is 0.321 e. The van der Waals surface area contributed by atoms with E-state index < -0.39 is 29.3 Å². The van der Waals surface area contributed by atoms with Crippen LogP contribution in [0.25, 0.3) is 0 Å². The minimum absolute atomic E-state index is 0.165. The number of hydrogen-bond acceptors (Lipinski definition) is 3. The van der Waals surface area contributed by atoms with Crippen molar-refractivity contribution in [3.63, 3.8) is 0 Å². The van der Waals surface area contributed by atoms with Gasteiger partial charge in [-0.25, -0.2) is 9.18 Å². The lowest BCUT2D eigenvalue weighted by Gasteiger charge is -2.31. The molecule has 0 radical (unpaired) electrons. The van der Waals surface area contributed by atoms with Gasteiger partial charge in [-0.15, -0.1) is 0 Å². The first-order valence-corrected chi connectivity index (χ1v) is 7.93. The standard InChI is InChI=1S/C17H23FN2O4/c1-17(2,3)24-14-9-12(18)6-7-13(14)19-16(23)20-8-4-5-11(10-20)15(21)22/h6-7,9,11H,4-5,8,10H2,1-3H3,(H,19,23)(H,21,22). The Kier molecular flexibility index (Phi) is 5.31. The monoisotopic (exact) mass is 338 g/mol. The summed E-state index contributed by atoms with van der Waals surface area (Å²) in [7, 11) is 0. The smallest absolute Gasteiger partial charge is 0.321 e. The molecule has 1 aromatic carbocycles. The van der Waals surface area contributed by atoms with Crippen molar-refractivity contribution in [2.45, 2.75) is 39.2 Å². The fourth-order valence-corrected chi connectivity index (χ4v) is 2.57. The number of benzene rings is 1. The molecule has 1 heterocycles. The van der Waals surface area contributed by atoms with Crippen LogP contribution >= 0.6 is 0 Å². The van der Waals surface area contributed by atoms with E-state index in [9.17, 15) is 14.0 Å². The van der Waals surface area contributed by atoms with E-state index in [1.807, 2.05) is 20.8 Å². The Labute approximate surface area is 140 Å². The third kappa shape index (κ3) is 4.84. The molecule has 132 valence electrons. The maximum absolute atomic E-state index is 13.5. The van der Waals surface area contributed by atoms with Gasteiger partial charge in [0.2, 0.25) is 0 Å². The van der Waals surface area contributed by atoms with Gasteiger partial charge in [0.25, 0.3) is 0 Å². The average Bonchev–Trinajstić information content (AvgIpc) is 2.48. The van der Waals surface area contributed by atoms with Gasteiger partial charge >= 0.3 is 12.0 Å². The lowest BCUT2D eigenvalue weighted by Crippen LogP contribution is -2.44. The van der Waals surface area contributed by atoms with Crippen LogP contribution in [0.3, 0.4) is 0 Å². The van der Waals surface area contributed by atoms with Crippen LogP contribution in [0.5, 0.6) is 5.75 Å². The van der Waals surface area contributed by atoms with E-state index >= 15 is 0 Å². The second-order valence-electron chi connectivity index (χ2n) is 6.91. The minimum atomic E-state index is -0.897. The molecule has 7 heteroatoms. The molecule has 0 bridgehead atoms. The number of nitrogens with zero attached hydrogens (tertiary/aromatic N) is 1. The highest BCUT2D eigenvalue weighted by atomic mass is 19.1. The van der Waals surface area contributed by atoms with Crippen molar-refractivity contribution >= 4 is 17.7 Å². The summed E-state index contributed by atoms with van der Waals surface area (Å²) in [5.74, 6) is -1.67. The second kappa shape index (κ2) is 7.07. The number of piperidine rings is 1. The normalized spacial score (nSPS) is 18.2. The molecular weight excluding hydrogens is 315 g/mol. The predicted molar refractivity (Wildman–Crippen MR) is 87.7 cm³/mol. The predicted octanol–water partition coefficient (Wildman–Crippen LogP) is 3.33. The van der Waals surface area contributed by atoms with Crippen molar-refractivity contribution in [2.75, 3.05) is 18.4 Å². The van der Waals surface area contributed by atoms with Crippen molar-refractivity contribution in [3.05, 3.63) is 24.0 Å². The van der Waals surface area contributed by atoms with E-state index in [1.54, 1.807) is 0 Å². The summed E-state index contributed by atoms with van der Waals surface area (Å²) in [6.07, 6.45) is 1.20. The summed E-state index contributed by atoms with van der Waals surface area (Å²) in [5, 5.41) is 11.8. The zero-order valence-corrected chi connectivity index (χ0v) is 14.1. The van der Waals surface area contributed by atoms with E-state index in [0.29, 0.717) is 25.1 Å². The van der Waals surface area contributed by atoms with E-state index in [0.717, 1.165) is 0 Å². The van der Waals surface area contributed by atoms with Crippen LogP contribution in [0.15, 0.2) is 18.2 Å². The highest BCUT2D eigenvalue weighted by Gasteiger charge is 2.28. The largest absolute Gasteiger partial charge is 0.486 e. The molecule has 1 unspecified atom stereocenters. The first-order chi connectivity index (χ1) is 11.2. The molecule has 0 aliphatic carbocycles. The first kappa shape index (κ1) is 18.0. The highest BCUT2D eigenvalue weighted by molar-refractivity contribution is 5.91.